The van der Waals surface area contributed by atoms with Crippen LogP contribution < -0.4 is 0 Å². The Morgan fingerprint density at radius 2 is 2.14 bits per heavy atom. The molecule has 0 radical (unpaired) electrons. The fourth-order valence-electron chi connectivity index (χ4n) is 1.20. The average molecular weight is 213 g/mol. The standard InChI is InChI=1S/C11H19NOS/c1-5-8(6-13)10-12-9(7-14-10)11(2,3)4/h7-8,13H,5-6H2,1-4H3. The fourth-order valence-corrected chi connectivity index (χ4v) is 2.42. The zero-order chi connectivity index (χ0) is 10.8. The van der Waals surface area contributed by atoms with E-state index in [4.69, 9.17) is 5.11 Å². The smallest absolute Gasteiger partial charge is 0.0982 e. The van der Waals surface area contributed by atoms with Gasteiger partial charge in [-0.15, -0.1) is 11.3 Å². The topological polar surface area (TPSA) is 33.1 Å². The molecular formula is C11H19NOS. The summed E-state index contributed by atoms with van der Waals surface area (Å²) in [6.07, 6.45) is 0.952. The number of aromatic nitrogens is 1. The molecule has 0 aliphatic rings. The highest BCUT2D eigenvalue weighted by Gasteiger charge is 2.20. The maximum Gasteiger partial charge on any atom is 0.0982 e. The van der Waals surface area contributed by atoms with E-state index in [0.717, 1.165) is 17.1 Å². The predicted molar refractivity (Wildman–Crippen MR) is 60.9 cm³/mol. The van der Waals surface area contributed by atoms with Crippen LogP contribution in [0.3, 0.4) is 0 Å². The molecule has 0 spiro atoms. The lowest BCUT2D eigenvalue weighted by Crippen LogP contribution is -2.12. The maximum absolute atomic E-state index is 9.16. The first-order valence-corrected chi connectivity index (χ1v) is 5.93. The van der Waals surface area contributed by atoms with E-state index < -0.39 is 0 Å². The van der Waals surface area contributed by atoms with Crippen molar-refractivity contribution < 1.29 is 5.11 Å². The van der Waals surface area contributed by atoms with Gasteiger partial charge in [-0.2, -0.15) is 0 Å². The number of nitrogens with zero attached hydrogens (tertiary/aromatic N) is 1. The van der Waals surface area contributed by atoms with Gasteiger partial charge in [0.1, 0.15) is 0 Å². The number of hydrogen-bond donors (Lipinski definition) is 1. The van der Waals surface area contributed by atoms with Crippen LogP contribution in [0.2, 0.25) is 0 Å². The number of rotatable bonds is 3. The van der Waals surface area contributed by atoms with Crippen molar-refractivity contribution in [1.29, 1.82) is 0 Å². The molecule has 0 aliphatic heterocycles. The minimum absolute atomic E-state index is 0.114. The highest BCUT2D eigenvalue weighted by atomic mass is 32.1. The molecule has 1 heterocycles. The third-order valence-corrected chi connectivity index (χ3v) is 3.36. The fraction of sp³-hybridized carbons (Fsp3) is 0.727. The lowest BCUT2D eigenvalue weighted by molar-refractivity contribution is 0.262. The molecule has 0 fully saturated rings. The Hall–Kier alpha value is -0.410. The Labute approximate surface area is 90.0 Å². The van der Waals surface area contributed by atoms with Gasteiger partial charge in [0.25, 0.3) is 0 Å². The summed E-state index contributed by atoms with van der Waals surface area (Å²) >= 11 is 1.66. The van der Waals surface area contributed by atoms with Crippen molar-refractivity contribution in [3.63, 3.8) is 0 Å². The van der Waals surface area contributed by atoms with E-state index in [1.165, 1.54) is 0 Å². The van der Waals surface area contributed by atoms with E-state index >= 15 is 0 Å². The molecule has 80 valence electrons. The van der Waals surface area contributed by atoms with Crippen LogP contribution in [0.4, 0.5) is 0 Å². The Balaban J connectivity index is 2.87. The number of aliphatic hydroxyl groups excluding tert-OH is 1. The minimum atomic E-state index is 0.114. The zero-order valence-electron chi connectivity index (χ0n) is 9.37. The summed E-state index contributed by atoms with van der Waals surface area (Å²) < 4.78 is 0. The van der Waals surface area contributed by atoms with Crippen molar-refractivity contribution in [1.82, 2.24) is 4.98 Å². The van der Waals surface area contributed by atoms with E-state index in [9.17, 15) is 0 Å². The first kappa shape index (κ1) is 11.7. The molecule has 1 aromatic rings. The van der Waals surface area contributed by atoms with E-state index in [1.807, 2.05) is 0 Å². The number of thiazole rings is 1. The Morgan fingerprint density at radius 3 is 2.50 bits per heavy atom. The molecule has 2 nitrogen and oxygen atoms in total. The SMILES string of the molecule is CCC(CO)c1nc(C(C)(C)C)cs1. The highest BCUT2D eigenvalue weighted by Crippen LogP contribution is 2.28. The van der Waals surface area contributed by atoms with Crippen molar-refractivity contribution in [2.24, 2.45) is 0 Å². The maximum atomic E-state index is 9.16. The van der Waals surface area contributed by atoms with E-state index in [2.05, 4.69) is 38.1 Å². The molecule has 1 aromatic heterocycles. The second kappa shape index (κ2) is 4.41. The second-order valence-corrected chi connectivity index (χ2v) is 5.50. The van der Waals surface area contributed by atoms with Crippen LogP contribution in [-0.2, 0) is 5.41 Å². The summed E-state index contributed by atoms with van der Waals surface area (Å²) in [4.78, 5) is 4.58. The predicted octanol–water partition coefficient (Wildman–Crippen LogP) is 2.93. The van der Waals surface area contributed by atoms with Gasteiger partial charge in [0.05, 0.1) is 17.3 Å². The zero-order valence-corrected chi connectivity index (χ0v) is 10.2. The summed E-state index contributed by atoms with van der Waals surface area (Å²) in [5.74, 6) is 0.219. The summed E-state index contributed by atoms with van der Waals surface area (Å²) in [6, 6.07) is 0. The number of aliphatic hydroxyl groups is 1. The van der Waals surface area contributed by atoms with Crippen LogP contribution in [0, 0.1) is 0 Å². The van der Waals surface area contributed by atoms with Crippen LogP contribution >= 0.6 is 11.3 Å². The molecule has 3 heteroatoms. The summed E-state index contributed by atoms with van der Waals surface area (Å²) in [6.45, 7) is 8.76. The van der Waals surface area contributed by atoms with Crippen LogP contribution in [0.5, 0.6) is 0 Å². The van der Waals surface area contributed by atoms with Crippen molar-refractivity contribution >= 4 is 11.3 Å². The highest BCUT2D eigenvalue weighted by molar-refractivity contribution is 7.09. The Morgan fingerprint density at radius 1 is 1.50 bits per heavy atom. The van der Waals surface area contributed by atoms with E-state index in [0.29, 0.717) is 0 Å². The molecule has 0 bridgehead atoms. The quantitative estimate of drug-likeness (QED) is 0.837. The second-order valence-electron chi connectivity index (χ2n) is 4.61. The largest absolute Gasteiger partial charge is 0.396 e. The molecule has 1 atom stereocenters. The lowest BCUT2D eigenvalue weighted by Gasteiger charge is -2.14. The molecule has 0 amide bonds. The minimum Gasteiger partial charge on any atom is -0.396 e. The lowest BCUT2D eigenvalue weighted by atomic mass is 9.93. The average Bonchev–Trinajstić information content (AvgIpc) is 2.54. The Kier molecular flexibility index (Phi) is 3.67. The van der Waals surface area contributed by atoms with Crippen molar-refractivity contribution in [2.45, 2.75) is 45.4 Å². The van der Waals surface area contributed by atoms with Gasteiger partial charge in [-0.25, -0.2) is 4.98 Å². The van der Waals surface area contributed by atoms with Crippen molar-refractivity contribution in [3.05, 3.63) is 16.1 Å². The molecule has 0 saturated heterocycles. The summed E-state index contributed by atoms with van der Waals surface area (Å²) in [5.41, 5.74) is 1.24. The van der Waals surface area contributed by atoms with Gasteiger partial charge in [-0.05, 0) is 6.42 Å². The first-order valence-electron chi connectivity index (χ1n) is 5.05. The normalized spacial score (nSPS) is 14.4. The molecule has 0 aromatic carbocycles. The van der Waals surface area contributed by atoms with Crippen LogP contribution in [0.25, 0.3) is 0 Å². The van der Waals surface area contributed by atoms with Crippen LogP contribution in [0.15, 0.2) is 5.38 Å². The molecule has 14 heavy (non-hydrogen) atoms. The molecule has 1 N–H and O–H groups in total. The third kappa shape index (κ3) is 2.55. The monoisotopic (exact) mass is 213 g/mol. The summed E-state index contributed by atoms with van der Waals surface area (Å²) in [7, 11) is 0. The molecule has 0 aliphatic carbocycles. The van der Waals surface area contributed by atoms with Gasteiger partial charge in [0, 0.05) is 16.7 Å². The molecule has 0 saturated carbocycles. The number of hydrogen-bond acceptors (Lipinski definition) is 3. The molecule has 1 unspecified atom stereocenters. The van der Waals surface area contributed by atoms with Crippen LogP contribution in [0.1, 0.15) is 50.7 Å². The van der Waals surface area contributed by atoms with E-state index in [-0.39, 0.29) is 17.9 Å². The van der Waals surface area contributed by atoms with E-state index in [1.54, 1.807) is 11.3 Å². The van der Waals surface area contributed by atoms with Gasteiger partial charge < -0.3 is 5.11 Å². The van der Waals surface area contributed by atoms with Gasteiger partial charge in [0.15, 0.2) is 0 Å². The Bertz CT molecular complexity index is 284. The van der Waals surface area contributed by atoms with Gasteiger partial charge >= 0.3 is 0 Å². The van der Waals surface area contributed by atoms with Gasteiger partial charge in [-0.1, -0.05) is 27.7 Å². The van der Waals surface area contributed by atoms with Crippen LogP contribution in [-0.4, -0.2) is 16.7 Å². The van der Waals surface area contributed by atoms with Gasteiger partial charge in [-0.3, -0.25) is 0 Å². The van der Waals surface area contributed by atoms with Crippen molar-refractivity contribution in [3.8, 4) is 0 Å². The summed E-state index contributed by atoms with van der Waals surface area (Å²) in [5, 5.41) is 12.3. The first-order chi connectivity index (χ1) is 6.49. The molecule has 1 rings (SSSR count). The van der Waals surface area contributed by atoms with Gasteiger partial charge in [0.2, 0.25) is 0 Å². The molecular weight excluding hydrogens is 194 g/mol. The van der Waals surface area contributed by atoms with Crippen molar-refractivity contribution in [2.75, 3.05) is 6.61 Å². The third-order valence-electron chi connectivity index (χ3n) is 2.35.